The van der Waals surface area contributed by atoms with E-state index >= 15 is 0 Å². The van der Waals surface area contributed by atoms with E-state index in [9.17, 15) is 4.79 Å². The van der Waals surface area contributed by atoms with Crippen LogP contribution in [0.1, 0.15) is 24.0 Å². The lowest BCUT2D eigenvalue weighted by molar-refractivity contribution is -0.139. The fourth-order valence-corrected chi connectivity index (χ4v) is 3.53. The van der Waals surface area contributed by atoms with Crippen LogP contribution in [0.15, 0.2) is 48.8 Å². The Morgan fingerprint density at radius 2 is 1.89 bits per heavy atom. The van der Waals surface area contributed by atoms with Gasteiger partial charge >= 0.3 is 5.97 Å². The Morgan fingerprint density at radius 3 is 2.59 bits per heavy atom. The van der Waals surface area contributed by atoms with Crippen molar-refractivity contribution in [3.8, 4) is 5.75 Å². The number of carboxylic acid groups (broad SMARTS) is 1. The van der Waals surface area contributed by atoms with Crippen molar-refractivity contribution in [1.82, 2.24) is 14.8 Å². The van der Waals surface area contributed by atoms with Crippen LogP contribution in [0.3, 0.4) is 0 Å². The zero-order valence-electron chi connectivity index (χ0n) is 15.8. The van der Waals surface area contributed by atoms with Crippen molar-refractivity contribution in [2.24, 2.45) is 0 Å². The number of para-hydroxylation sites is 1. The van der Waals surface area contributed by atoms with Gasteiger partial charge in [0.1, 0.15) is 5.75 Å². The summed E-state index contributed by atoms with van der Waals surface area (Å²) in [6.07, 6.45) is 5.90. The molecule has 1 aromatic heterocycles. The van der Waals surface area contributed by atoms with Crippen LogP contribution >= 0.6 is 0 Å². The number of piperidine rings is 1. The van der Waals surface area contributed by atoms with Gasteiger partial charge in [0.2, 0.25) is 0 Å². The highest BCUT2D eigenvalue weighted by Gasteiger charge is 2.24. The second kappa shape index (κ2) is 9.48. The normalized spacial score (nSPS) is 15.8. The molecule has 6 heteroatoms. The van der Waals surface area contributed by atoms with Gasteiger partial charge in [0, 0.05) is 37.1 Å². The Bertz CT molecular complexity index is 730. The third-order valence-corrected chi connectivity index (χ3v) is 5.04. The van der Waals surface area contributed by atoms with E-state index in [0.717, 1.165) is 44.6 Å². The predicted octanol–water partition coefficient (Wildman–Crippen LogP) is 2.64. The first-order valence-corrected chi connectivity index (χ1v) is 9.36. The number of likely N-dealkylation sites (tertiary alicyclic amines) is 1. The molecule has 0 saturated carbocycles. The molecule has 144 valence electrons. The maximum atomic E-state index is 10.9. The molecular formula is C21H27N3O3. The second-order valence-corrected chi connectivity index (χ2v) is 7.09. The van der Waals surface area contributed by atoms with Crippen LogP contribution < -0.4 is 4.74 Å². The minimum Gasteiger partial charge on any atom is -0.482 e. The van der Waals surface area contributed by atoms with Gasteiger partial charge in [0.15, 0.2) is 6.61 Å². The van der Waals surface area contributed by atoms with Gasteiger partial charge in [-0.05, 0) is 56.7 Å². The lowest BCUT2D eigenvalue weighted by Crippen LogP contribution is -2.43. The molecule has 1 N–H and O–H groups in total. The smallest absolute Gasteiger partial charge is 0.341 e. The predicted molar refractivity (Wildman–Crippen MR) is 104 cm³/mol. The van der Waals surface area contributed by atoms with Crippen molar-refractivity contribution in [2.75, 3.05) is 26.7 Å². The van der Waals surface area contributed by atoms with Gasteiger partial charge < -0.3 is 14.7 Å². The second-order valence-electron chi connectivity index (χ2n) is 7.09. The summed E-state index contributed by atoms with van der Waals surface area (Å²) in [6.45, 7) is 3.43. The van der Waals surface area contributed by atoms with Gasteiger partial charge in [0.05, 0.1) is 0 Å². The standard InChI is InChI=1S/C21H27N3O3/c1-23-12-8-19(9-13-23)24(14-17-6-10-22-11-7-17)15-18-4-2-3-5-20(18)27-16-21(25)26/h2-7,10-11,19H,8-9,12-16H2,1H3,(H,25,26). The Kier molecular flexibility index (Phi) is 6.79. The Balaban J connectivity index is 1.77. The number of rotatable bonds is 8. The fourth-order valence-electron chi connectivity index (χ4n) is 3.53. The molecule has 0 unspecified atom stereocenters. The zero-order valence-corrected chi connectivity index (χ0v) is 15.8. The van der Waals surface area contributed by atoms with Crippen LogP contribution in [0.4, 0.5) is 0 Å². The molecule has 6 nitrogen and oxygen atoms in total. The largest absolute Gasteiger partial charge is 0.482 e. The summed E-state index contributed by atoms with van der Waals surface area (Å²) < 4.78 is 5.51. The molecular weight excluding hydrogens is 342 g/mol. The molecule has 0 bridgehead atoms. The molecule has 3 rings (SSSR count). The highest BCUT2D eigenvalue weighted by Crippen LogP contribution is 2.25. The number of aliphatic carboxylic acids is 1. The van der Waals surface area contributed by atoms with Crippen molar-refractivity contribution in [1.29, 1.82) is 0 Å². The number of hydrogen-bond acceptors (Lipinski definition) is 5. The van der Waals surface area contributed by atoms with Crippen LogP contribution in [-0.4, -0.2) is 58.6 Å². The summed E-state index contributed by atoms with van der Waals surface area (Å²) >= 11 is 0. The number of benzene rings is 1. The summed E-state index contributed by atoms with van der Waals surface area (Å²) in [4.78, 5) is 19.8. The van der Waals surface area contributed by atoms with E-state index in [0.29, 0.717) is 11.8 Å². The number of nitrogens with zero attached hydrogens (tertiary/aromatic N) is 3. The number of carbonyl (C=O) groups is 1. The molecule has 0 radical (unpaired) electrons. The quantitative estimate of drug-likeness (QED) is 0.772. The molecule has 0 amide bonds. The highest BCUT2D eigenvalue weighted by atomic mass is 16.5. The van der Waals surface area contributed by atoms with Gasteiger partial charge in [0.25, 0.3) is 0 Å². The fraction of sp³-hybridized carbons (Fsp3) is 0.429. The number of carboxylic acids is 1. The summed E-state index contributed by atoms with van der Waals surface area (Å²) in [5, 5.41) is 8.93. The Hall–Kier alpha value is -2.44. The lowest BCUT2D eigenvalue weighted by atomic mass is 10.0. The molecule has 1 fully saturated rings. The van der Waals surface area contributed by atoms with E-state index in [1.807, 2.05) is 36.7 Å². The van der Waals surface area contributed by atoms with E-state index in [1.165, 1.54) is 5.56 Å². The van der Waals surface area contributed by atoms with E-state index in [-0.39, 0.29) is 6.61 Å². The summed E-state index contributed by atoms with van der Waals surface area (Å²) in [6, 6.07) is 12.3. The van der Waals surface area contributed by atoms with E-state index < -0.39 is 5.97 Å². The topological polar surface area (TPSA) is 65.9 Å². The van der Waals surface area contributed by atoms with Crippen molar-refractivity contribution in [3.63, 3.8) is 0 Å². The van der Waals surface area contributed by atoms with Gasteiger partial charge in [-0.2, -0.15) is 0 Å². The molecule has 0 spiro atoms. The van der Waals surface area contributed by atoms with Crippen molar-refractivity contribution in [2.45, 2.75) is 32.0 Å². The van der Waals surface area contributed by atoms with Gasteiger partial charge in [-0.25, -0.2) is 4.79 Å². The van der Waals surface area contributed by atoms with Crippen molar-refractivity contribution >= 4 is 5.97 Å². The Labute approximate surface area is 160 Å². The van der Waals surface area contributed by atoms with Crippen LogP contribution in [-0.2, 0) is 17.9 Å². The number of aromatic nitrogens is 1. The van der Waals surface area contributed by atoms with Gasteiger partial charge in [-0.1, -0.05) is 18.2 Å². The first kappa shape index (κ1) is 19.3. The molecule has 1 saturated heterocycles. The van der Waals surface area contributed by atoms with Crippen molar-refractivity contribution in [3.05, 3.63) is 59.9 Å². The molecule has 0 aliphatic carbocycles. The summed E-state index contributed by atoms with van der Waals surface area (Å²) in [5.74, 6) is -0.318. The average Bonchev–Trinajstić information content (AvgIpc) is 2.68. The molecule has 1 aromatic carbocycles. The van der Waals surface area contributed by atoms with Gasteiger partial charge in [-0.3, -0.25) is 9.88 Å². The van der Waals surface area contributed by atoms with E-state index in [1.54, 1.807) is 0 Å². The van der Waals surface area contributed by atoms with Crippen LogP contribution in [0, 0.1) is 0 Å². The highest BCUT2D eigenvalue weighted by molar-refractivity contribution is 5.68. The van der Waals surface area contributed by atoms with E-state index in [4.69, 9.17) is 9.84 Å². The number of pyridine rings is 1. The molecule has 1 aliphatic rings. The zero-order chi connectivity index (χ0) is 19.1. The first-order chi connectivity index (χ1) is 13.1. The molecule has 2 heterocycles. The van der Waals surface area contributed by atoms with Crippen LogP contribution in [0.2, 0.25) is 0 Å². The lowest BCUT2D eigenvalue weighted by Gasteiger charge is -2.37. The van der Waals surface area contributed by atoms with Crippen molar-refractivity contribution < 1.29 is 14.6 Å². The molecule has 1 aliphatic heterocycles. The number of hydrogen-bond donors (Lipinski definition) is 1. The maximum absolute atomic E-state index is 10.9. The van der Waals surface area contributed by atoms with E-state index in [2.05, 4.69) is 34.0 Å². The summed E-state index contributed by atoms with van der Waals surface area (Å²) in [7, 11) is 2.17. The first-order valence-electron chi connectivity index (χ1n) is 9.36. The minimum absolute atomic E-state index is 0.324. The minimum atomic E-state index is -0.964. The Morgan fingerprint density at radius 1 is 1.19 bits per heavy atom. The molecule has 0 atom stereocenters. The molecule has 27 heavy (non-hydrogen) atoms. The molecule has 2 aromatic rings. The monoisotopic (exact) mass is 369 g/mol. The summed E-state index contributed by atoms with van der Waals surface area (Å²) in [5.41, 5.74) is 2.25. The van der Waals surface area contributed by atoms with Crippen LogP contribution in [0.5, 0.6) is 5.75 Å². The van der Waals surface area contributed by atoms with Crippen LogP contribution in [0.25, 0.3) is 0 Å². The van der Waals surface area contributed by atoms with Gasteiger partial charge in [-0.15, -0.1) is 0 Å². The maximum Gasteiger partial charge on any atom is 0.341 e. The average molecular weight is 369 g/mol. The third-order valence-electron chi connectivity index (χ3n) is 5.04. The SMILES string of the molecule is CN1CCC(N(Cc2ccncc2)Cc2ccccc2OCC(=O)O)CC1. The third kappa shape index (κ3) is 5.77. The number of ether oxygens (including phenoxy) is 1.